The largest absolute Gasteiger partial charge is 0.493 e. The van der Waals surface area contributed by atoms with E-state index in [1.807, 2.05) is 12.1 Å². The molecule has 1 heterocycles. The Balaban J connectivity index is 2.62. The zero-order chi connectivity index (χ0) is 13.1. The molecule has 0 aliphatic rings. The van der Waals surface area contributed by atoms with Crippen molar-refractivity contribution in [2.45, 2.75) is 13.5 Å². The smallest absolute Gasteiger partial charge is 0.161 e. The van der Waals surface area contributed by atoms with Crippen molar-refractivity contribution in [3.63, 3.8) is 0 Å². The number of benzene rings is 1. The monoisotopic (exact) mass is 263 g/mol. The first-order chi connectivity index (χ1) is 8.71. The van der Waals surface area contributed by atoms with Gasteiger partial charge in [0.25, 0.3) is 0 Å². The molecule has 2 N–H and O–H groups in total. The van der Waals surface area contributed by atoms with Gasteiger partial charge in [0.05, 0.1) is 14.2 Å². The van der Waals surface area contributed by atoms with E-state index >= 15 is 0 Å². The average molecular weight is 263 g/mol. The van der Waals surface area contributed by atoms with Crippen LogP contribution in [0.15, 0.2) is 23.6 Å². The van der Waals surface area contributed by atoms with Crippen LogP contribution in [0.25, 0.3) is 11.1 Å². The molecule has 0 atom stereocenters. The average Bonchev–Trinajstić information content (AvgIpc) is 2.83. The Labute approximate surface area is 111 Å². The molecule has 0 fully saturated rings. The molecule has 0 aliphatic heterocycles. The Morgan fingerprint density at radius 2 is 1.78 bits per heavy atom. The maximum absolute atomic E-state index is 5.83. The number of thiophene rings is 1. The predicted octanol–water partition coefficient (Wildman–Crippen LogP) is 3.20. The van der Waals surface area contributed by atoms with Crippen LogP contribution >= 0.6 is 11.3 Å². The van der Waals surface area contributed by atoms with Gasteiger partial charge in [-0.3, -0.25) is 0 Å². The second-order valence-electron chi connectivity index (χ2n) is 3.96. The predicted molar refractivity (Wildman–Crippen MR) is 75.5 cm³/mol. The van der Waals surface area contributed by atoms with Crippen LogP contribution in [0.2, 0.25) is 0 Å². The van der Waals surface area contributed by atoms with Crippen LogP contribution in [-0.4, -0.2) is 14.2 Å². The summed E-state index contributed by atoms with van der Waals surface area (Å²) in [5.41, 5.74) is 9.22. The van der Waals surface area contributed by atoms with Gasteiger partial charge in [0.2, 0.25) is 0 Å². The van der Waals surface area contributed by atoms with E-state index in [4.69, 9.17) is 15.2 Å². The molecule has 2 aromatic rings. The number of rotatable bonds is 4. The van der Waals surface area contributed by atoms with Crippen LogP contribution in [0.1, 0.15) is 10.4 Å². The van der Waals surface area contributed by atoms with Crippen LogP contribution < -0.4 is 15.2 Å². The molecule has 18 heavy (non-hydrogen) atoms. The molecule has 1 aromatic heterocycles. The van der Waals surface area contributed by atoms with Crippen LogP contribution in [0.4, 0.5) is 0 Å². The topological polar surface area (TPSA) is 44.5 Å². The maximum atomic E-state index is 5.83. The zero-order valence-electron chi connectivity index (χ0n) is 10.8. The number of aryl methyl sites for hydroxylation is 1. The fourth-order valence-corrected chi connectivity index (χ4v) is 2.72. The van der Waals surface area contributed by atoms with Crippen molar-refractivity contribution < 1.29 is 9.47 Å². The summed E-state index contributed by atoms with van der Waals surface area (Å²) >= 11 is 1.73. The summed E-state index contributed by atoms with van der Waals surface area (Å²) in [6.07, 6.45) is 0. The van der Waals surface area contributed by atoms with Crippen molar-refractivity contribution in [2.75, 3.05) is 14.2 Å². The van der Waals surface area contributed by atoms with Crippen molar-refractivity contribution in [1.82, 2.24) is 0 Å². The third-order valence-corrected chi connectivity index (χ3v) is 3.82. The van der Waals surface area contributed by atoms with E-state index in [-0.39, 0.29) is 0 Å². The third-order valence-electron chi connectivity index (χ3n) is 2.98. The van der Waals surface area contributed by atoms with E-state index in [0.29, 0.717) is 6.54 Å². The third kappa shape index (κ3) is 2.21. The first-order valence-corrected chi connectivity index (χ1v) is 6.58. The van der Waals surface area contributed by atoms with Gasteiger partial charge in [-0.15, -0.1) is 11.3 Å². The van der Waals surface area contributed by atoms with E-state index < -0.39 is 0 Å². The van der Waals surface area contributed by atoms with Gasteiger partial charge >= 0.3 is 0 Å². The SMILES string of the molecule is COc1cc(CN)c(-c2ccsc2C)cc1OC. The van der Waals surface area contributed by atoms with Gasteiger partial charge < -0.3 is 15.2 Å². The van der Waals surface area contributed by atoms with Crippen LogP contribution in [0.5, 0.6) is 11.5 Å². The van der Waals surface area contributed by atoms with E-state index in [9.17, 15) is 0 Å². The van der Waals surface area contributed by atoms with Gasteiger partial charge in [-0.2, -0.15) is 0 Å². The fourth-order valence-electron chi connectivity index (χ4n) is 2.01. The summed E-state index contributed by atoms with van der Waals surface area (Å²) in [5.74, 6) is 1.45. The summed E-state index contributed by atoms with van der Waals surface area (Å²) in [6, 6.07) is 6.06. The van der Waals surface area contributed by atoms with E-state index in [1.54, 1.807) is 25.6 Å². The van der Waals surface area contributed by atoms with Gasteiger partial charge in [-0.1, -0.05) is 0 Å². The van der Waals surface area contributed by atoms with Gasteiger partial charge in [-0.05, 0) is 47.2 Å². The van der Waals surface area contributed by atoms with Crippen LogP contribution in [0.3, 0.4) is 0 Å². The van der Waals surface area contributed by atoms with Gasteiger partial charge in [-0.25, -0.2) is 0 Å². The molecule has 0 saturated heterocycles. The highest BCUT2D eigenvalue weighted by molar-refractivity contribution is 7.10. The number of hydrogen-bond acceptors (Lipinski definition) is 4. The molecule has 0 aliphatic carbocycles. The minimum atomic E-state index is 0.477. The number of nitrogens with two attached hydrogens (primary N) is 1. The van der Waals surface area contributed by atoms with Gasteiger partial charge in [0, 0.05) is 11.4 Å². The molecule has 1 aromatic carbocycles. The first-order valence-electron chi connectivity index (χ1n) is 5.70. The first kappa shape index (κ1) is 12.9. The molecule has 96 valence electrons. The minimum absolute atomic E-state index is 0.477. The second kappa shape index (κ2) is 5.42. The molecular formula is C14H17NO2S. The Kier molecular flexibility index (Phi) is 3.89. The molecule has 2 rings (SSSR count). The lowest BCUT2D eigenvalue weighted by atomic mass is 9.99. The lowest BCUT2D eigenvalue weighted by Gasteiger charge is -2.14. The Hall–Kier alpha value is -1.52. The van der Waals surface area contributed by atoms with Crippen molar-refractivity contribution in [3.05, 3.63) is 34.0 Å². The summed E-state index contributed by atoms with van der Waals surface area (Å²) in [7, 11) is 3.28. The number of hydrogen-bond donors (Lipinski definition) is 1. The summed E-state index contributed by atoms with van der Waals surface area (Å²) in [6.45, 7) is 2.59. The van der Waals surface area contributed by atoms with Crippen molar-refractivity contribution in [1.29, 1.82) is 0 Å². The molecule has 0 amide bonds. The van der Waals surface area contributed by atoms with Gasteiger partial charge in [0.1, 0.15) is 0 Å². The normalized spacial score (nSPS) is 10.4. The zero-order valence-corrected chi connectivity index (χ0v) is 11.6. The number of ether oxygens (including phenoxy) is 2. The molecule has 3 nitrogen and oxygen atoms in total. The highest BCUT2D eigenvalue weighted by atomic mass is 32.1. The summed E-state index contributed by atoms with van der Waals surface area (Å²) in [4.78, 5) is 1.27. The van der Waals surface area contributed by atoms with Gasteiger partial charge in [0.15, 0.2) is 11.5 Å². The standard InChI is InChI=1S/C14H17NO2S/c1-9-11(4-5-18-9)12-7-14(17-3)13(16-2)6-10(12)8-15/h4-7H,8,15H2,1-3H3. The quantitative estimate of drug-likeness (QED) is 0.921. The fraction of sp³-hybridized carbons (Fsp3) is 0.286. The molecule has 4 heteroatoms. The summed E-state index contributed by atoms with van der Waals surface area (Å²) < 4.78 is 10.7. The molecule has 0 unspecified atom stereocenters. The highest BCUT2D eigenvalue weighted by Crippen LogP contribution is 2.37. The Bertz CT molecular complexity index is 549. The summed E-state index contributed by atoms with van der Waals surface area (Å²) in [5, 5.41) is 2.08. The molecular weight excluding hydrogens is 246 g/mol. The van der Waals surface area contributed by atoms with Crippen molar-refractivity contribution in [2.24, 2.45) is 5.73 Å². The minimum Gasteiger partial charge on any atom is -0.493 e. The van der Waals surface area contributed by atoms with Crippen molar-refractivity contribution >= 4 is 11.3 Å². The van der Waals surface area contributed by atoms with E-state index in [2.05, 4.69) is 18.4 Å². The Morgan fingerprint density at radius 1 is 1.11 bits per heavy atom. The molecule has 0 spiro atoms. The van der Waals surface area contributed by atoms with Crippen molar-refractivity contribution in [3.8, 4) is 22.6 Å². The van der Waals surface area contributed by atoms with E-state index in [1.165, 1.54) is 10.4 Å². The molecule has 0 saturated carbocycles. The number of methoxy groups -OCH3 is 2. The van der Waals surface area contributed by atoms with E-state index in [0.717, 1.165) is 22.6 Å². The van der Waals surface area contributed by atoms with Crippen LogP contribution in [-0.2, 0) is 6.54 Å². The van der Waals surface area contributed by atoms with Crippen LogP contribution in [0, 0.1) is 6.92 Å². The lowest BCUT2D eigenvalue weighted by molar-refractivity contribution is 0.354. The molecule has 0 bridgehead atoms. The Morgan fingerprint density at radius 3 is 2.28 bits per heavy atom. The lowest BCUT2D eigenvalue weighted by Crippen LogP contribution is -2.01. The maximum Gasteiger partial charge on any atom is 0.161 e. The highest BCUT2D eigenvalue weighted by Gasteiger charge is 2.13. The molecule has 0 radical (unpaired) electrons. The second-order valence-corrected chi connectivity index (χ2v) is 5.08.